The minimum Gasteiger partial charge on any atom is -0.361 e. The Morgan fingerprint density at radius 2 is 1.94 bits per heavy atom. The Morgan fingerprint density at radius 3 is 2.78 bits per heavy atom. The number of rotatable bonds is 3. The van der Waals surface area contributed by atoms with Gasteiger partial charge in [-0.3, -0.25) is 0 Å². The highest BCUT2D eigenvalue weighted by Gasteiger charge is 2.14. The number of fused-ring (bicyclic) bond motifs is 1. The largest absolute Gasteiger partial charge is 0.361 e. The van der Waals surface area contributed by atoms with E-state index in [1.54, 1.807) is 0 Å². The standard InChI is InChI=1S/C14H18IN3/c15-18-9-7-17(8-10-18)6-4-12-1-2-13-3-5-16-14(13)11-12/h1-3,5,11,16H,4,6-10H2. The average Bonchev–Trinajstić information content (AvgIpc) is 2.85. The van der Waals surface area contributed by atoms with E-state index in [2.05, 4.69) is 60.1 Å². The van der Waals surface area contributed by atoms with Gasteiger partial charge in [0, 0.05) is 67.3 Å². The molecule has 3 rings (SSSR count). The third-order valence-corrected chi connectivity index (χ3v) is 4.62. The van der Waals surface area contributed by atoms with Gasteiger partial charge in [-0.25, -0.2) is 3.11 Å². The van der Waals surface area contributed by atoms with Gasteiger partial charge in [0.1, 0.15) is 0 Å². The Balaban J connectivity index is 1.59. The average molecular weight is 355 g/mol. The zero-order valence-corrected chi connectivity index (χ0v) is 12.6. The maximum absolute atomic E-state index is 3.28. The summed E-state index contributed by atoms with van der Waals surface area (Å²) in [5, 5.41) is 1.30. The van der Waals surface area contributed by atoms with Gasteiger partial charge >= 0.3 is 0 Å². The van der Waals surface area contributed by atoms with Crippen molar-refractivity contribution >= 4 is 33.8 Å². The van der Waals surface area contributed by atoms with Crippen LogP contribution in [-0.4, -0.2) is 45.7 Å². The minimum atomic E-state index is 1.15. The van der Waals surface area contributed by atoms with Crippen molar-refractivity contribution in [1.82, 2.24) is 13.0 Å². The smallest absolute Gasteiger partial charge is 0.0456 e. The molecule has 0 amide bonds. The van der Waals surface area contributed by atoms with Crippen LogP contribution in [0.2, 0.25) is 0 Å². The number of piperazine rings is 1. The van der Waals surface area contributed by atoms with Gasteiger partial charge in [0.05, 0.1) is 0 Å². The summed E-state index contributed by atoms with van der Waals surface area (Å²) in [4.78, 5) is 5.85. The molecule has 3 nitrogen and oxygen atoms in total. The lowest BCUT2D eigenvalue weighted by Gasteiger charge is -2.31. The summed E-state index contributed by atoms with van der Waals surface area (Å²) >= 11 is 2.42. The molecule has 0 unspecified atom stereocenters. The summed E-state index contributed by atoms with van der Waals surface area (Å²) in [7, 11) is 0. The fourth-order valence-corrected chi connectivity index (χ4v) is 2.92. The second kappa shape index (κ2) is 5.59. The third kappa shape index (κ3) is 2.87. The number of nitrogens with zero attached hydrogens (tertiary/aromatic N) is 2. The summed E-state index contributed by atoms with van der Waals surface area (Å²) < 4.78 is 2.37. The summed E-state index contributed by atoms with van der Waals surface area (Å²) in [6.07, 6.45) is 3.16. The molecular weight excluding hydrogens is 337 g/mol. The molecule has 0 spiro atoms. The summed E-state index contributed by atoms with van der Waals surface area (Å²) in [5.74, 6) is 0. The second-order valence-corrected chi connectivity index (χ2v) is 6.27. The Bertz CT molecular complexity index is 514. The van der Waals surface area contributed by atoms with Crippen molar-refractivity contribution in [2.24, 2.45) is 0 Å². The second-order valence-electron chi connectivity index (χ2n) is 4.90. The molecule has 0 bridgehead atoms. The van der Waals surface area contributed by atoms with Gasteiger partial charge in [0.2, 0.25) is 0 Å². The molecule has 2 aromatic rings. The van der Waals surface area contributed by atoms with Gasteiger partial charge in [-0.2, -0.15) is 0 Å². The molecule has 1 aromatic carbocycles. The molecule has 0 radical (unpaired) electrons. The fourth-order valence-electron chi connectivity index (χ4n) is 2.48. The normalized spacial score (nSPS) is 18.5. The number of benzene rings is 1. The Morgan fingerprint density at radius 1 is 1.11 bits per heavy atom. The van der Waals surface area contributed by atoms with Gasteiger partial charge in [0.15, 0.2) is 0 Å². The lowest BCUT2D eigenvalue weighted by Crippen LogP contribution is -2.42. The van der Waals surface area contributed by atoms with E-state index >= 15 is 0 Å². The Hall–Kier alpha value is -0.590. The van der Waals surface area contributed by atoms with Crippen LogP contribution in [-0.2, 0) is 6.42 Å². The molecule has 18 heavy (non-hydrogen) atoms. The maximum atomic E-state index is 3.28. The van der Waals surface area contributed by atoms with E-state index in [9.17, 15) is 0 Å². The quantitative estimate of drug-likeness (QED) is 0.676. The first-order valence-corrected chi connectivity index (χ1v) is 7.47. The molecular formula is C14H18IN3. The van der Waals surface area contributed by atoms with Crippen molar-refractivity contribution in [3.8, 4) is 0 Å². The van der Waals surface area contributed by atoms with E-state index in [0.717, 1.165) is 6.42 Å². The van der Waals surface area contributed by atoms with Crippen molar-refractivity contribution < 1.29 is 0 Å². The summed E-state index contributed by atoms with van der Waals surface area (Å²) in [5.41, 5.74) is 2.69. The SMILES string of the molecule is IN1CCN(CCc2ccc3cc[nH]c3c2)CC1. The number of H-pyrrole nitrogens is 1. The number of aromatic amines is 1. The van der Waals surface area contributed by atoms with Gasteiger partial charge < -0.3 is 9.88 Å². The van der Waals surface area contributed by atoms with E-state index in [1.807, 2.05) is 6.20 Å². The summed E-state index contributed by atoms with van der Waals surface area (Å²) in [6, 6.07) is 8.87. The third-order valence-electron chi connectivity index (χ3n) is 3.65. The van der Waals surface area contributed by atoms with Crippen molar-refractivity contribution in [3.63, 3.8) is 0 Å². The molecule has 0 atom stereocenters. The molecule has 1 fully saturated rings. The van der Waals surface area contributed by atoms with Crippen molar-refractivity contribution in [3.05, 3.63) is 36.0 Å². The van der Waals surface area contributed by atoms with Gasteiger partial charge in [0.25, 0.3) is 0 Å². The number of halogens is 1. The molecule has 0 saturated carbocycles. The zero-order valence-electron chi connectivity index (χ0n) is 10.4. The topological polar surface area (TPSA) is 22.3 Å². The highest BCUT2D eigenvalue weighted by molar-refractivity contribution is 14.1. The molecule has 1 N–H and O–H groups in total. The van der Waals surface area contributed by atoms with E-state index < -0.39 is 0 Å². The van der Waals surface area contributed by atoms with Crippen LogP contribution in [0.25, 0.3) is 10.9 Å². The first-order chi connectivity index (χ1) is 8.81. The van der Waals surface area contributed by atoms with E-state index in [-0.39, 0.29) is 0 Å². The van der Waals surface area contributed by atoms with Crippen LogP contribution in [0, 0.1) is 0 Å². The molecule has 0 aliphatic carbocycles. The van der Waals surface area contributed by atoms with Crippen LogP contribution >= 0.6 is 22.9 Å². The number of nitrogens with one attached hydrogen (secondary N) is 1. The molecule has 1 aliphatic heterocycles. The Labute approximate surface area is 122 Å². The highest BCUT2D eigenvalue weighted by atomic mass is 127. The van der Waals surface area contributed by atoms with Crippen LogP contribution in [0.1, 0.15) is 5.56 Å². The first-order valence-electron chi connectivity index (χ1n) is 6.50. The predicted octanol–water partition coefficient (Wildman–Crippen LogP) is 2.68. The van der Waals surface area contributed by atoms with Crippen LogP contribution in [0.15, 0.2) is 30.5 Å². The number of aromatic nitrogens is 1. The van der Waals surface area contributed by atoms with Crippen LogP contribution in [0.4, 0.5) is 0 Å². The minimum absolute atomic E-state index is 1.15. The lowest BCUT2D eigenvalue weighted by molar-refractivity contribution is 0.208. The van der Waals surface area contributed by atoms with E-state index in [1.165, 1.54) is 49.2 Å². The highest BCUT2D eigenvalue weighted by Crippen LogP contribution is 2.15. The molecule has 1 aliphatic rings. The molecule has 2 heterocycles. The molecule has 96 valence electrons. The van der Waals surface area contributed by atoms with Crippen LogP contribution in [0.3, 0.4) is 0 Å². The van der Waals surface area contributed by atoms with Crippen LogP contribution < -0.4 is 0 Å². The van der Waals surface area contributed by atoms with Gasteiger partial charge in [-0.05, 0) is 29.5 Å². The van der Waals surface area contributed by atoms with Gasteiger partial charge in [-0.1, -0.05) is 12.1 Å². The van der Waals surface area contributed by atoms with E-state index in [0.29, 0.717) is 0 Å². The zero-order chi connectivity index (χ0) is 12.4. The monoisotopic (exact) mass is 355 g/mol. The molecule has 4 heteroatoms. The maximum Gasteiger partial charge on any atom is 0.0456 e. The first kappa shape index (κ1) is 12.4. The molecule has 1 saturated heterocycles. The van der Waals surface area contributed by atoms with Crippen molar-refractivity contribution in [1.29, 1.82) is 0 Å². The van der Waals surface area contributed by atoms with Gasteiger partial charge in [-0.15, -0.1) is 0 Å². The fraction of sp³-hybridized carbons (Fsp3) is 0.429. The van der Waals surface area contributed by atoms with Crippen molar-refractivity contribution in [2.75, 3.05) is 32.7 Å². The predicted molar refractivity (Wildman–Crippen MR) is 84.0 cm³/mol. The Kier molecular flexibility index (Phi) is 3.86. The lowest BCUT2D eigenvalue weighted by atomic mass is 10.1. The van der Waals surface area contributed by atoms with E-state index in [4.69, 9.17) is 0 Å². The number of hydrogen-bond donors (Lipinski definition) is 1. The van der Waals surface area contributed by atoms with Crippen LogP contribution in [0.5, 0.6) is 0 Å². The van der Waals surface area contributed by atoms with Crippen molar-refractivity contribution in [2.45, 2.75) is 6.42 Å². The number of hydrogen-bond acceptors (Lipinski definition) is 2. The molecule has 1 aromatic heterocycles. The summed E-state index contributed by atoms with van der Waals surface area (Å²) in [6.45, 7) is 5.96.